The second-order valence-electron chi connectivity index (χ2n) is 6.25. The predicted octanol–water partition coefficient (Wildman–Crippen LogP) is 2.71. The number of hydrogen-bond donors (Lipinski definition) is 1. The molecule has 0 amide bonds. The lowest BCUT2D eigenvalue weighted by molar-refractivity contribution is 0.133. The molecule has 21 heavy (non-hydrogen) atoms. The molecule has 112 valence electrons. The third-order valence-electron chi connectivity index (χ3n) is 4.52. The molecule has 0 bridgehead atoms. The number of nitrogens with zero attached hydrogens (tertiary/aromatic N) is 4. The number of H-pyrrole nitrogens is 1. The quantitative estimate of drug-likeness (QED) is 0.936. The van der Waals surface area contributed by atoms with Crippen LogP contribution in [0.4, 0.5) is 0 Å². The Morgan fingerprint density at radius 2 is 2.24 bits per heavy atom. The Balaban J connectivity index is 1.55. The third-order valence-corrected chi connectivity index (χ3v) is 4.52. The van der Waals surface area contributed by atoms with E-state index in [-0.39, 0.29) is 0 Å². The first-order valence-electron chi connectivity index (χ1n) is 7.87. The molecule has 0 spiro atoms. The van der Waals surface area contributed by atoms with Gasteiger partial charge in [0.1, 0.15) is 11.6 Å². The van der Waals surface area contributed by atoms with Crippen LogP contribution in [0.1, 0.15) is 67.0 Å². The van der Waals surface area contributed by atoms with Crippen LogP contribution in [0.5, 0.6) is 0 Å². The minimum atomic E-state index is 0.311. The average molecular weight is 287 g/mol. The van der Waals surface area contributed by atoms with E-state index in [1.807, 2.05) is 13.1 Å². The molecule has 4 rings (SSSR count). The molecular formula is C15H21N5O. The highest BCUT2D eigenvalue weighted by Gasteiger charge is 2.33. The summed E-state index contributed by atoms with van der Waals surface area (Å²) in [7, 11) is 0. The number of hydrogen-bond acceptors (Lipinski definition) is 5. The van der Waals surface area contributed by atoms with Gasteiger partial charge < -0.3 is 4.52 Å². The van der Waals surface area contributed by atoms with Crippen molar-refractivity contribution in [2.24, 2.45) is 0 Å². The van der Waals surface area contributed by atoms with Crippen LogP contribution < -0.4 is 0 Å². The second-order valence-corrected chi connectivity index (χ2v) is 6.25. The van der Waals surface area contributed by atoms with Crippen molar-refractivity contribution in [3.63, 3.8) is 0 Å². The Bertz CT molecular complexity index is 615. The number of rotatable bonds is 4. The summed E-state index contributed by atoms with van der Waals surface area (Å²) >= 11 is 0. The first-order valence-corrected chi connectivity index (χ1v) is 7.87. The first-order chi connectivity index (χ1) is 10.3. The third kappa shape index (κ3) is 2.60. The van der Waals surface area contributed by atoms with Crippen LogP contribution in [-0.2, 0) is 6.54 Å². The zero-order chi connectivity index (χ0) is 14.2. The van der Waals surface area contributed by atoms with Crippen LogP contribution in [0.15, 0.2) is 10.7 Å². The minimum absolute atomic E-state index is 0.311. The van der Waals surface area contributed by atoms with Crippen molar-refractivity contribution in [1.29, 1.82) is 0 Å². The second kappa shape index (κ2) is 5.26. The molecular weight excluding hydrogens is 266 g/mol. The number of aromatic amines is 1. The van der Waals surface area contributed by atoms with Crippen molar-refractivity contribution >= 4 is 0 Å². The summed E-state index contributed by atoms with van der Waals surface area (Å²) in [5.41, 5.74) is 1.25. The van der Waals surface area contributed by atoms with E-state index in [9.17, 15) is 0 Å². The van der Waals surface area contributed by atoms with E-state index in [1.54, 1.807) is 0 Å². The van der Waals surface area contributed by atoms with Crippen LogP contribution in [0.2, 0.25) is 0 Å². The Morgan fingerprint density at radius 3 is 3.00 bits per heavy atom. The summed E-state index contributed by atoms with van der Waals surface area (Å²) < 4.78 is 5.46. The van der Waals surface area contributed by atoms with E-state index < -0.39 is 0 Å². The number of aryl methyl sites for hydroxylation is 1. The van der Waals surface area contributed by atoms with Gasteiger partial charge in [-0.15, -0.1) is 0 Å². The van der Waals surface area contributed by atoms with Gasteiger partial charge in [0, 0.05) is 18.0 Å². The summed E-state index contributed by atoms with van der Waals surface area (Å²) in [6, 6.07) is 0.311. The van der Waals surface area contributed by atoms with E-state index in [2.05, 4.69) is 25.2 Å². The van der Waals surface area contributed by atoms with Crippen molar-refractivity contribution in [2.45, 2.75) is 57.5 Å². The fraction of sp³-hybridized carbons (Fsp3) is 0.667. The van der Waals surface area contributed by atoms with Crippen LogP contribution >= 0.6 is 0 Å². The standard InChI is InChI=1S/C15H21N5O/c1-10-17-15(19-18-10)13-4-2-3-7-20(13)9-12-8-16-21-14(12)11-5-6-11/h8,11,13H,2-7,9H2,1H3,(H,17,18,19)/t13-/m1/s1. The van der Waals surface area contributed by atoms with Crippen molar-refractivity contribution in [2.75, 3.05) is 6.54 Å². The van der Waals surface area contributed by atoms with Gasteiger partial charge >= 0.3 is 0 Å². The lowest BCUT2D eigenvalue weighted by Gasteiger charge is -2.33. The number of piperidine rings is 1. The van der Waals surface area contributed by atoms with Crippen molar-refractivity contribution < 1.29 is 4.52 Å². The highest BCUT2D eigenvalue weighted by atomic mass is 16.5. The smallest absolute Gasteiger partial charge is 0.167 e. The van der Waals surface area contributed by atoms with Crippen molar-refractivity contribution in [1.82, 2.24) is 25.2 Å². The van der Waals surface area contributed by atoms with E-state index >= 15 is 0 Å². The van der Waals surface area contributed by atoms with E-state index in [4.69, 9.17) is 4.52 Å². The predicted molar refractivity (Wildman–Crippen MR) is 76.6 cm³/mol. The summed E-state index contributed by atoms with van der Waals surface area (Å²) in [4.78, 5) is 7.01. The zero-order valence-corrected chi connectivity index (χ0v) is 12.4. The van der Waals surface area contributed by atoms with Gasteiger partial charge in [-0.05, 0) is 39.2 Å². The molecule has 2 aromatic rings. The normalized spacial score (nSPS) is 23.6. The maximum Gasteiger partial charge on any atom is 0.167 e. The molecule has 2 aromatic heterocycles. The Morgan fingerprint density at radius 1 is 1.33 bits per heavy atom. The summed E-state index contributed by atoms with van der Waals surface area (Å²) in [6.07, 6.45) is 7.99. The van der Waals surface area contributed by atoms with E-state index in [0.29, 0.717) is 12.0 Å². The SMILES string of the molecule is Cc1nc([C@H]2CCCCN2Cc2cnoc2C2CC2)n[nH]1. The maximum absolute atomic E-state index is 5.46. The van der Waals surface area contributed by atoms with Crippen LogP contribution in [0.25, 0.3) is 0 Å². The van der Waals surface area contributed by atoms with Gasteiger partial charge in [-0.1, -0.05) is 11.6 Å². The van der Waals surface area contributed by atoms with Gasteiger partial charge in [0.25, 0.3) is 0 Å². The molecule has 1 aliphatic heterocycles. The maximum atomic E-state index is 5.46. The summed E-state index contributed by atoms with van der Waals surface area (Å²) in [6.45, 7) is 3.94. The van der Waals surface area contributed by atoms with Crippen LogP contribution in [-0.4, -0.2) is 31.8 Å². The van der Waals surface area contributed by atoms with Gasteiger partial charge in [0.05, 0.1) is 12.2 Å². The largest absolute Gasteiger partial charge is 0.361 e. The van der Waals surface area contributed by atoms with Gasteiger partial charge in [0.2, 0.25) is 0 Å². The van der Waals surface area contributed by atoms with Gasteiger partial charge in [-0.2, -0.15) is 5.10 Å². The Kier molecular flexibility index (Phi) is 3.25. The molecule has 1 aliphatic carbocycles. The molecule has 1 saturated carbocycles. The number of aromatic nitrogens is 4. The Hall–Kier alpha value is -1.69. The van der Waals surface area contributed by atoms with Gasteiger partial charge in [-0.3, -0.25) is 10.00 Å². The first kappa shape index (κ1) is 13.0. The topological polar surface area (TPSA) is 70.8 Å². The van der Waals surface area contributed by atoms with Crippen LogP contribution in [0.3, 0.4) is 0 Å². The lowest BCUT2D eigenvalue weighted by Crippen LogP contribution is -2.33. The summed E-state index contributed by atoms with van der Waals surface area (Å²) in [5, 5.41) is 11.3. The molecule has 1 atom stereocenters. The monoisotopic (exact) mass is 287 g/mol. The number of nitrogens with one attached hydrogen (secondary N) is 1. The fourth-order valence-electron chi connectivity index (χ4n) is 3.27. The van der Waals surface area contributed by atoms with E-state index in [0.717, 1.165) is 36.9 Å². The summed E-state index contributed by atoms with van der Waals surface area (Å²) in [5.74, 6) is 3.53. The minimum Gasteiger partial charge on any atom is -0.361 e. The lowest BCUT2D eigenvalue weighted by atomic mass is 10.0. The van der Waals surface area contributed by atoms with Gasteiger partial charge in [-0.25, -0.2) is 4.98 Å². The molecule has 0 unspecified atom stereocenters. The molecule has 6 heteroatoms. The molecule has 2 fully saturated rings. The molecule has 6 nitrogen and oxygen atoms in total. The molecule has 1 N–H and O–H groups in total. The van der Waals surface area contributed by atoms with Gasteiger partial charge in [0.15, 0.2) is 5.82 Å². The highest BCUT2D eigenvalue weighted by molar-refractivity contribution is 5.22. The molecule has 3 heterocycles. The van der Waals surface area contributed by atoms with Crippen molar-refractivity contribution in [3.8, 4) is 0 Å². The van der Waals surface area contributed by atoms with E-state index in [1.165, 1.54) is 31.2 Å². The van der Waals surface area contributed by atoms with Crippen molar-refractivity contribution in [3.05, 3.63) is 29.2 Å². The zero-order valence-electron chi connectivity index (χ0n) is 12.4. The Labute approximate surface area is 123 Å². The molecule has 0 radical (unpaired) electrons. The number of likely N-dealkylation sites (tertiary alicyclic amines) is 1. The molecule has 0 aromatic carbocycles. The average Bonchev–Trinajstić information content (AvgIpc) is 3.08. The van der Waals surface area contributed by atoms with Crippen LogP contribution in [0, 0.1) is 6.92 Å². The molecule has 1 saturated heterocycles. The molecule has 2 aliphatic rings. The highest BCUT2D eigenvalue weighted by Crippen LogP contribution is 2.42. The fourth-order valence-corrected chi connectivity index (χ4v) is 3.27.